The van der Waals surface area contributed by atoms with Crippen molar-refractivity contribution in [2.24, 2.45) is 0 Å². The average molecular weight is 380 g/mol. The lowest BCUT2D eigenvalue weighted by Crippen LogP contribution is -2.47. The van der Waals surface area contributed by atoms with Crippen molar-refractivity contribution in [3.8, 4) is 5.75 Å². The summed E-state index contributed by atoms with van der Waals surface area (Å²) in [5.41, 5.74) is 5.03. The Morgan fingerprint density at radius 2 is 1.73 bits per heavy atom. The highest BCUT2D eigenvalue weighted by Crippen LogP contribution is 2.15. The minimum Gasteiger partial charge on any atom is -0.484 e. The summed E-state index contributed by atoms with van der Waals surface area (Å²) in [5.74, 6) is -0.776. The molecule has 0 saturated heterocycles. The van der Waals surface area contributed by atoms with Gasteiger partial charge in [-0.25, -0.2) is 4.39 Å². The second-order valence-corrected chi connectivity index (χ2v) is 6.04. The highest BCUT2D eigenvalue weighted by atomic mass is 35.5. The molecule has 8 heteroatoms. The topological polar surface area (TPSA) is 70.7 Å². The lowest BCUT2D eigenvalue weighted by molar-refractivity contribution is -0.130. The third-order valence-corrected chi connectivity index (χ3v) is 3.59. The van der Waals surface area contributed by atoms with Crippen LogP contribution in [0, 0.1) is 5.82 Å². The van der Waals surface area contributed by atoms with E-state index in [1.807, 2.05) is 0 Å². The molecule has 0 aliphatic carbocycles. The molecule has 2 aromatic rings. The molecule has 6 nitrogen and oxygen atoms in total. The molecule has 0 aromatic heterocycles. The first-order valence-corrected chi connectivity index (χ1v) is 8.20. The molecule has 138 valence electrons. The van der Waals surface area contributed by atoms with E-state index >= 15 is 0 Å². The van der Waals surface area contributed by atoms with E-state index < -0.39 is 11.8 Å². The Kier molecular flexibility index (Phi) is 7.37. The maximum absolute atomic E-state index is 13.6. The predicted octanol–water partition coefficient (Wildman–Crippen LogP) is 2.14. The number of benzene rings is 2. The lowest BCUT2D eigenvalue weighted by Gasteiger charge is -2.17. The van der Waals surface area contributed by atoms with Crippen molar-refractivity contribution in [2.75, 3.05) is 20.2 Å². The largest absolute Gasteiger partial charge is 0.484 e. The third-order valence-electron chi connectivity index (χ3n) is 3.34. The van der Waals surface area contributed by atoms with Crippen LogP contribution in [0.5, 0.6) is 5.75 Å². The van der Waals surface area contributed by atoms with Crippen molar-refractivity contribution in [3.63, 3.8) is 0 Å². The van der Waals surface area contributed by atoms with Crippen LogP contribution >= 0.6 is 11.6 Å². The van der Waals surface area contributed by atoms with Gasteiger partial charge in [-0.05, 0) is 37.4 Å². The van der Waals surface area contributed by atoms with Gasteiger partial charge in [0.15, 0.2) is 6.61 Å². The van der Waals surface area contributed by atoms with Gasteiger partial charge in [-0.2, -0.15) is 0 Å². The van der Waals surface area contributed by atoms with E-state index in [-0.39, 0.29) is 25.5 Å². The molecule has 0 radical (unpaired) electrons. The molecule has 2 amide bonds. The molecule has 0 spiro atoms. The molecule has 0 heterocycles. The second kappa shape index (κ2) is 9.74. The van der Waals surface area contributed by atoms with Gasteiger partial charge in [0.1, 0.15) is 11.6 Å². The van der Waals surface area contributed by atoms with E-state index in [1.165, 1.54) is 6.07 Å². The maximum atomic E-state index is 13.6. The number of rotatable bonds is 7. The van der Waals surface area contributed by atoms with E-state index in [0.717, 1.165) is 0 Å². The van der Waals surface area contributed by atoms with Crippen LogP contribution in [0.3, 0.4) is 0 Å². The fourth-order valence-electron chi connectivity index (χ4n) is 2.11. The summed E-state index contributed by atoms with van der Waals surface area (Å²) in [6.07, 6.45) is 0. The number of nitrogens with zero attached hydrogens (tertiary/aromatic N) is 1. The molecule has 26 heavy (non-hydrogen) atoms. The van der Waals surface area contributed by atoms with E-state index in [0.29, 0.717) is 16.3 Å². The van der Waals surface area contributed by atoms with E-state index in [1.54, 1.807) is 54.4 Å². The van der Waals surface area contributed by atoms with Crippen LogP contribution in [0.1, 0.15) is 5.56 Å². The van der Waals surface area contributed by atoms with Gasteiger partial charge in [-0.1, -0.05) is 29.8 Å². The smallest absolute Gasteiger partial charge is 0.276 e. The first-order chi connectivity index (χ1) is 12.4. The van der Waals surface area contributed by atoms with Gasteiger partial charge in [0, 0.05) is 17.1 Å². The Balaban J connectivity index is 1.68. The summed E-state index contributed by atoms with van der Waals surface area (Å²) in [6, 6.07) is 12.9. The fraction of sp³-hybridized carbons (Fsp3) is 0.222. The molecule has 2 rings (SSSR count). The Hall–Kier alpha value is -2.64. The monoisotopic (exact) mass is 379 g/mol. The van der Waals surface area contributed by atoms with Gasteiger partial charge in [0.25, 0.3) is 11.8 Å². The van der Waals surface area contributed by atoms with E-state index in [9.17, 15) is 14.0 Å². The number of likely N-dealkylation sites (N-methyl/N-ethyl adjacent to an activating group) is 1. The van der Waals surface area contributed by atoms with Crippen LogP contribution in [0.15, 0.2) is 48.5 Å². The molecule has 2 aromatic carbocycles. The molecule has 0 unspecified atom stereocenters. The minimum absolute atomic E-state index is 0.00729. The van der Waals surface area contributed by atoms with E-state index in [4.69, 9.17) is 16.3 Å². The molecule has 0 aliphatic rings. The number of amides is 2. The van der Waals surface area contributed by atoms with Crippen molar-refractivity contribution in [3.05, 3.63) is 64.9 Å². The summed E-state index contributed by atoms with van der Waals surface area (Å²) in [7, 11) is 1.68. The fourth-order valence-corrected chi connectivity index (χ4v) is 2.24. The van der Waals surface area contributed by atoms with Gasteiger partial charge in [-0.15, -0.1) is 0 Å². The molecular weight excluding hydrogens is 361 g/mol. The van der Waals surface area contributed by atoms with Crippen LogP contribution in [0.25, 0.3) is 0 Å². The van der Waals surface area contributed by atoms with Crippen molar-refractivity contribution in [1.29, 1.82) is 0 Å². The van der Waals surface area contributed by atoms with Crippen LogP contribution < -0.4 is 15.6 Å². The first-order valence-electron chi connectivity index (χ1n) is 7.82. The highest BCUT2D eigenvalue weighted by molar-refractivity contribution is 6.30. The van der Waals surface area contributed by atoms with Gasteiger partial charge in [0.05, 0.1) is 6.54 Å². The molecule has 2 N–H and O–H groups in total. The minimum atomic E-state index is -0.509. The summed E-state index contributed by atoms with van der Waals surface area (Å²) in [4.78, 5) is 25.1. The Morgan fingerprint density at radius 3 is 2.42 bits per heavy atom. The zero-order valence-corrected chi connectivity index (χ0v) is 14.9. The number of nitrogens with one attached hydrogen (secondary N) is 2. The van der Waals surface area contributed by atoms with Crippen LogP contribution in [-0.2, 0) is 16.1 Å². The highest BCUT2D eigenvalue weighted by Gasteiger charge is 2.10. The zero-order chi connectivity index (χ0) is 18.9. The van der Waals surface area contributed by atoms with Gasteiger partial charge in [0.2, 0.25) is 0 Å². The first kappa shape index (κ1) is 19.7. The van der Waals surface area contributed by atoms with Crippen molar-refractivity contribution in [2.45, 2.75) is 6.54 Å². The number of hydrogen-bond donors (Lipinski definition) is 2. The predicted molar refractivity (Wildman–Crippen MR) is 96.0 cm³/mol. The van der Waals surface area contributed by atoms with Crippen molar-refractivity contribution >= 4 is 23.4 Å². The Labute approximate surface area is 155 Å². The molecule has 0 saturated carbocycles. The Morgan fingerprint density at radius 1 is 1.08 bits per heavy atom. The number of carbonyl (C=O) groups is 2. The SMILES string of the molecule is CN(CC(=O)NNC(=O)COc1ccc(Cl)cc1)Cc1ccccc1F. The van der Waals surface area contributed by atoms with Crippen LogP contribution in [0.2, 0.25) is 5.02 Å². The molecule has 0 aliphatic heterocycles. The molecule has 0 fully saturated rings. The standard InChI is InChI=1S/C18H19ClFN3O3/c1-23(10-13-4-2-3-5-16(13)20)11-17(24)21-22-18(25)12-26-15-8-6-14(19)7-9-15/h2-9H,10-12H2,1H3,(H,21,24)(H,22,25). The Bertz CT molecular complexity index is 756. The van der Waals surface area contributed by atoms with Crippen molar-refractivity contribution < 1.29 is 18.7 Å². The van der Waals surface area contributed by atoms with Gasteiger partial charge in [-0.3, -0.25) is 25.3 Å². The number of halogens is 2. The number of hydrazine groups is 1. The second-order valence-electron chi connectivity index (χ2n) is 5.60. The number of hydrogen-bond acceptors (Lipinski definition) is 4. The molecule has 0 bridgehead atoms. The summed E-state index contributed by atoms with van der Waals surface area (Å²) < 4.78 is 18.8. The molecule has 0 atom stereocenters. The van der Waals surface area contributed by atoms with Crippen LogP contribution in [-0.4, -0.2) is 36.9 Å². The zero-order valence-electron chi connectivity index (χ0n) is 14.2. The molecular formula is C18H19ClFN3O3. The number of carbonyl (C=O) groups excluding carboxylic acids is 2. The average Bonchev–Trinajstić information content (AvgIpc) is 2.61. The summed E-state index contributed by atoms with van der Waals surface area (Å²) >= 11 is 5.75. The number of ether oxygens (including phenoxy) is 1. The quantitative estimate of drug-likeness (QED) is 0.723. The van der Waals surface area contributed by atoms with Gasteiger partial charge < -0.3 is 4.74 Å². The normalized spacial score (nSPS) is 10.5. The summed E-state index contributed by atoms with van der Waals surface area (Å²) in [5, 5.41) is 0.563. The van der Waals surface area contributed by atoms with Crippen molar-refractivity contribution in [1.82, 2.24) is 15.8 Å². The third kappa shape index (κ3) is 6.70. The maximum Gasteiger partial charge on any atom is 0.276 e. The summed E-state index contributed by atoms with van der Waals surface area (Å²) in [6.45, 7) is 0.00729. The lowest BCUT2D eigenvalue weighted by atomic mass is 10.2. The van der Waals surface area contributed by atoms with E-state index in [2.05, 4.69) is 10.9 Å². The van der Waals surface area contributed by atoms with Crippen LogP contribution in [0.4, 0.5) is 4.39 Å². The van der Waals surface area contributed by atoms with Gasteiger partial charge >= 0.3 is 0 Å².